The maximum Gasteiger partial charge on any atom is 0.0537 e. The van der Waals surface area contributed by atoms with E-state index in [2.05, 4.69) is 29.5 Å². The number of nitrogens with zero attached hydrogens (tertiary/aromatic N) is 2. The third-order valence-corrected chi connectivity index (χ3v) is 2.93. The van der Waals surface area contributed by atoms with E-state index in [1.807, 2.05) is 17.9 Å². The van der Waals surface area contributed by atoms with Crippen LogP contribution in [0.3, 0.4) is 0 Å². The first-order chi connectivity index (χ1) is 6.77. The summed E-state index contributed by atoms with van der Waals surface area (Å²) < 4.78 is 1.92. The van der Waals surface area contributed by atoms with E-state index in [0.717, 1.165) is 6.54 Å². The van der Waals surface area contributed by atoms with E-state index < -0.39 is 0 Å². The lowest BCUT2D eigenvalue weighted by atomic mass is 10.2. The van der Waals surface area contributed by atoms with Crippen molar-refractivity contribution in [1.82, 2.24) is 15.1 Å². The molecule has 2 rings (SSSR count). The largest absolute Gasteiger partial charge is 0.309 e. The molecule has 0 spiro atoms. The van der Waals surface area contributed by atoms with Gasteiger partial charge in [0.25, 0.3) is 0 Å². The summed E-state index contributed by atoms with van der Waals surface area (Å²) in [6.07, 6.45) is 8.77. The minimum atomic E-state index is 0.634. The zero-order valence-electron chi connectivity index (χ0n) is 8.83. The van der Waals surface area contributed by atoms with Crippen LogP contribution >= 0.6 is 0 Å². The van der Waals surface area contributed by atoms with Gasteiger partial charge in [-0.15, -0.1) is 0 Å². The number of hydrogen-bond donors (Lipinski definition) is 1. The summed E-state index contributed by atoms with van der Waals surface area (Å²) >= 11 is 0. The van der Waals surface area contributed by atoms with Crippen molar-refractivity contribution in [2.75, 3.05) is 0 Å². The standard InChI is InChI=1S/C11H17N3/c1-9-10(8-13-14(9)2)7-12-11-5-3-4-6-11/h3-4,8,11-12H,5-7H2,1-2H3. The predicted molar refractivity (Wildman–Crippen MR) is 56.9 cm³/mol. The number of nitrogens with one attached hydrogen (secondary N) is 1. The van der Waals surface area contributed by atoms with Crippen LogP contribution in [0.2, 0.25) is 0 Å². The molecule has 1 aliphatic rings. The van der Waals surface area contributed by atoms with Gasteiger partial charge in [-0.25, -0.2) is 0 Å². The molecule has 0 fully saturated rings. The molecule has 0 saturated heterocycles. The van der Waals surface area contributed by atoms with E-state index in [4.69, 9.17) is 0 Å². The molecule has 1 N–H and O–H groups in total. The van der Waals surface area contributed by atoms with E-state index in [1.165, 1.54) is 24.1 Å². The van der Waals surface area contributed by atoms with Crippen LogP contribution in [0.15, 0.2) is 18.3 Å². The predicted octanol–water partition coefficient (Wildman–Crippen LogP) is 1.54. The van der Waals surface area contributed by atoms with Crippen LogP contribution in [0.4, 0.5) is 0 Å². The number of hydrogen-bond acceptors (Lipinski definition) is 2. The molecule has 3 heteroatoms. The molecule has 1 aromatic heterocycles. The number of aromatic nitrogens is 2. The Bertz CT molecular complexity index is 330. The van der Waals surface area contributed by atoms with E-state index in [1.54, 1.807) is 0 Å². The molecule has 0 unspecified atom stereocenters. The van der Waals surface area contributed by atoms with Crippen LogP contribution in [0.5, 0.6) is 0 Å². The van der Waals surface area contributed by atoms with Gasteiger partial charge in [0.1, 0.15) is 0 Å². The lowest BCUT2D eigenvalue weighted by Gasteiger charge is -2.11. The molecule has 1 heterocycles. The van der Waals surface area contributed by atoms with Crippen molar-refractivity contribution in [3.8, 4) is 0 Å². The Morgan fingerprint density at radius 3 is 2.79 bits per heavy atom. The second-order valence-electron chi connectivity index (χ2n) is 3.90. The first-order valence-electron chi connectivity index (χ1n) is 5.13. The van der Waals surface area contributed by atoms with Crippen molar-refractivity contribution in [3.05, 3.63) is 29.6 Å². The number of aryl methyl sites for hydroxylation is 1. The van der Waals surface area contributed by atoms with Gasteiger partial charge in [-0.1, -0.05) is 12.2 Å². The molecule has 1 aromatic rings. The molecule has 14 heavy (non-hydrogen) atoms. The Kier molecular flexibility index (Phi) is 2.68. The van der Waals surface area contributed by atoms with Crippen molar-refractivity contribution in [2.45, 2.75) is 32.4 Å². The molecular formula is C11H17N3. The minimum Gasteiger partial charge on any atom is -0.309 e. The molecular weight excluding hydrogens is 174 g/mol. The van der Waals surface area contributed by atoms with Crippen molar-refractivity contribution < 1.29 is 0 Å². The zero-order valence-corrected chi connectivity index (χ0v) is 8.83. The Morgan fingerprint density at radius 1 is 1.50 bits per heavy atom. The first kappa shape index (κ1) is 9.46. The van der Waals surface area contributed by atoms with Gasteiger partial charge in [-0.3, -0.25) is 4.68 Å². The van der Waals surface area contributed by atoms with E-state index >= 15 is 0 Å². The van der Waals surface area contributed by atoms with E-state index in [0.29, 0.717) is 6.04 Å². The summed E-state index contributed by atoms with van der Waals surface area (Å²) in [7, 11) is 1.98. The highest BCUT2D eigenvalue weighted by molar-refractivity contribution is 5.15. The Morgan fingerprint density at radius 2 is 2.21 bits per heavy atom. The summed E-state index contributed by atoms with van der Waals surface area (Å²) in [4.78, 5) is 0. The van der Waals surface area contributed by atoms with E-state index in [9.17, 15) is 0 Å². The minimum absolute atomic E-state index is 0.634. The molecule has 0 aromatic carbocycles. The second-order valence-corrected chi connectivity index (χ2v) is 3.90. The fraction of sp³-hybridized carbons (Fsp3) is 0.545. The molecule has 3 nitrogen and oxygen atoms in total. The maximum atomic E-state index is 4.22. The lowest BCUT2D eigenvalue weighted by Crippen LogP contribution is -2.25. The third-order valence-electron chi connectivity index (χ3n) is 2.93. The van der Waals surface area contributed by atoms with Gasteiger partial charge in [0, 0.05) is 30.9 Å². The highest BCUT2D eigenvalue weighted by Crippen LogP contribution is 2.11. The van der Waals surface area contributed by atoms with Crippen LogP contribution in [-0.2, 0) is 13.6 Å². The van der Waals surface area contributed by atoms with Gasteiger partial charge in [-0.2, -0.15) is 5.10 Å². The molecule has 1 aliphatic carbocycles. The Balaban J connectivity index is 1.88. The average Bonchev–Trinajstić information content (AvgIpc) is 2.77. The summed E-state index contributed by atoms with van der Waals surface area (Å²) in [6, 6.07) is 0.634. The Labute approximate surface area is 84.8 Å². The topological polar surface area (TPSA) is 29.9 Å². The van der Waals surface area contributed by atoms with Crippen molar-refractivity contribution in [2.24, 2.45) is 7.05 Å². The van der Waals surface area contributed by atoms with Crippen LogP contribution in [0.1, 0.15) is 24.1 Å². The maximum absolute atomic E-state index is 4.22. The summed E-state index contributed by atoms with van der Waals surface area (Å²) in [6.45, 7) is 3.04. The van der Waals surface area contributed by atoms with Crippen LogP contribution in [0.25, 0.3) is 0 Å². The fourth-order valence-corrected chi connectivity index (χ4v) is 1.76. The monoisotopic (exact) mass is 191 g/mol. The molecule has 0 atom stereocenters. The normalized spacial score (nSPS) is 16.7. The van der Waals surface area contributed by atoms with Crippen molar-refractivity contribution in [1.29, 1.82) is 0 Å². The Hall–Kier alpha value is -1.09. The zero-order chi connectivity index (χ0) is 9.97. The van der Waals surface area contributed by atoms with Crippen LogP contribution < -0.4 is 5.32 Å². The highest BCUT2D eigenvalue weighted by atomic mass is 15.3. The van der Waals surface area contributed by atoms with Gasteiger partial charge in [0.15, 0.2) is 0 Å². The summed E-state index contributed by atoms with van der Waals surface area (Å²) in [5.74, 6) is 0. The third kappa shape index (κ3) is 1.87. The summed E-state index contributed by atoms with van der Waals surface area (Å²) in [5, 5.41) is 7.76. The number of rotatable bonds is 3. The van der Waals surface area contributed by atoms with Gasteiger partial charge in [0.2, 0.25) is 0 Å². The first-order valence-corrected chi connectivity index (χ1v) is 5.13. The van der Waals surface area contributed by atoms with Crippen molar-refractivity contribution >= 4 is 0 Å². The molecule has 0 bridgehead atoms. The highest BCUT2D eigenvalue weighted by Gasteiger charge is 2.10. The van der Waals surface area contributed by atoms with Gasteiger partial charge >= 0.3 is 0 Å². The smallest absolute Gasteiger partial charge is 0.0537 e. The van der Waals surface area contributed by atoms with E-state index in [-0.39, 0.29) is 0 Å². The molecule has 0 aliphatic heterocycles. The summed E-state index contributed by atoms with van der Waals surface area (Å²) in [5.41, 5.74) is 2.56. The van der Waals surface area contributed by atoms with Crippen molar-refractivity contribution in [3.63, 3.8) is 0 Å². The molecule has 0 amide bonds. The van der Waals surface area contributed by atoms with Crippen LogP contribution in [0, 0.1) is 6.92 Å². The molecule has 0 saturated carbocycles. The lowest BCUT2D eigenvalue weighted by molar-refractivity contribution is 0.537. The van der Waals surface area contributed by atoms with Gasteiger partial charge in [0.05, 0.1) is 6.20 Å². The van der Waals surface area contributed by atoms with Crippen LogP contribution in [-0.4, -0.2) is 15.8 Å². The molecule has 76 valence electrons. The van der Waals surface area contributed by atoms with Gasteiger partial charge in [-0.05, 0) is 19.8 Å². The quantitative estimate of drug-likeness (QED) is 0.734. The van der Waals surface area contributed by atoms with Gasteiger partial charge < -0.3 is 5.32 Å². The second kappa shape index (κ2) is 3.96. The average molecular weight is 191 g/mol. The fourth-order valence-electron chi connectivity index (χ4n) is 1.76. The molecule has 0 radical (unpaired) electrons. The SMILES string of the molecule is Cc1c(CNC2CC=CC2)cnn1C.